The number of amides is 1. The molecule has 194 valence electrons. The Bertz CT molecular complexity index is 1300. The van der Waals surface area contributed by atoms with Crippen LogP contribution in [0.5, 0.6) is 5.75 Å². The van der Waals surface area contributed by atoms with Crippen molar-refractivity contribution in [2.75, 3.05) is 25.0 Å². The van der Waals surface area contributed by atoms with Gasteiger partial charge in [-0.1, -0.05) is 12.1 Å². The summed E-state index contributed by atoms with van der Waals surface area (Å²) in [5, 5.41) is 29.1. The minimum atomic E-state index is -1.11. The molecule has 0 saturated heterocycles. The number of carboxylic acids is 1. The molecule has 1 amide bonds. The van der Waals surface area contributed by atoms with Gasteiger partial charge >= 0.3 is 5.97 Å². The number of nitro groups is 1. The third kappa shape index (κ3) is 7.16. The van der Waals surface area contributed by atoms with Gasteiger partial charge in [0.2, 0.25) is 5.91 Å². The summed E-state index contributed by atoms with van der Waals surface area (Å²) < 4.78 is 11.1. The number of rotatable bonds is 11. The van der Waals surface area contributed by atoms with Gasteiger partial charge in [0.1, 0.15) is 17.3 Å². The van der Waals surface area contributed by atoms with E-state index in [1.165, 1.54) is 18.2 Å². The first-order valence-corrected chi connectivity index (χ1v) is 11.7. The standard InChI is InChI=1S/C24H26N6O7/c31-21(29-23-25-10-2-11-26-23)3-1-12-36-17-7-4-15(5-8-17)13-19(22(32)33)28-24-27-18-9-6-16(30(34)35)14-20(18)37-24/h4-9,14,19H,1-3,10-13H2,(H,27,28)(H,32,33)(H2,25,26,29,31)/t19-/m0/s1. The third-order valence-electron chi connectivity index (χ3n) is 5.51. The predicted octanol–water partition coefficient (Wildman–Crippen LogP) is 2.47. The minimum Gasteiger partial charge on any atom is -0.494 e. The number of carboxylic acid groups (broad SMARTS) is 1. The number of nitrogens with one attached hydrogen (secondary N) is 3. The van der Waals surface area contributed by atoms with E-state index in [0.717, 1.165) is 18.5 Å². The van der Waals surface area contributed by atoms with Crippen LogP contribution in [0.25, 0.3) is 11.1 Å². The van der Waals surface area contributed by atoms with Crippen LogP contribution in [0.4, 0.5) is 11.7 Å². The van der Waals surface area contributed by atoms with Crippen LogP contribution in [0.3, 0.4) is 0 Å². The van der Waals surface area contributed by atoms with Crippen molar-refractivity contribution >= 4 is 40.6 Å². The maximum Gasteiger partial charge on any atom is 0.326 e. The van der Waals surface area contributed by atoms with Crippen LogP contribution in [0, 0.1) is 10.1 Å². The number of fused-ring (bicyclic) bond motifs is 1. The average Bonchev–Trinajstić information content (AvgIpc) is 3.29. The highest BCUT2D eigenvalue weighted by atomic mass is 16.6. The van der Waals surface area contributed by atoms with Gasteiger partial charge in [-0.3, -0.25) is 25.2 Å². The van der Waals surface area contributed by atoms with Crippen molar-refractivity contribution in [3.05, 3.63) is 58.1 Å². The van der Waals surface area contributed by atoms with E-state index in [1.54, 1.807) is 24.3 Å². The van der Waals surface area contributed by atoms with Crippen LogP contribution in [-0.4, -0.2) is 58.6 Å². The van der Waals surface area contributed by atoms with E-state index < -0.39 is 16.9 Å². The molecular weight excluding hydrogens is 484 g/mol. The molecular formula is C24H26N6O7. The van der Waals surface area contributed by atoms with Gasteiger partial charge in [0, 0.05) is 32.0 Å². The average molecular weight is 511 g/mol. The van der Waals surface area contributed by atoms with Crippen LogP contribution < -0.4 is 20.7 Å². The van der Waals surface area contributed by atoms with Gasteiger partial charge in [-0.15, -0.1) is 0 Å². The first-order valence-electron chi connectivity index (χ1n) is 11.7. The lowest BCUT2D eigenvalue weighted by atomic mass is 10.1. The molecule has 0 saturated carbocycles. The number of aliphatic imine (C=N–C) groups is 1. The van der Waals surface area contributed by atoms with Crippen molar-refractivity contribution in [1.82, 2.24) is 15.6 Å². The fraction of sp³-hybridized carbons (Fsp3) is 0.333. The lowest BCUT2D eigenvalue weighted by Gasteiger charge is -2.15. The molecule has 13 heteroatoms. The lowest BCUT2D eigenvalue weighted by Crippen LogP contribution is -2.43. The molecule has 37 heavy (non-hydrogen) atoms. The highest BCUT2D eigenvalue weighted by molar-refractivity contribution is 5.97. The fourth-order valence-electron chi connectivity index (χ4n) is 3.63. The highest BCUT2D eigenvalue weighted by Crippen LogP contribution is 2.24. The molecule has 0 spiro atoms. The molecule has 0 bridgehead atoms. The van der Waals surface area contributed by atoms with Gasteiger partial charge in [0.25, 0.3) is 11.7 Å². The van der Waals surface area contributed by atoms with Gasteiger partial charge in [-0.05, 0) is 36.6 Å². The SMILES string of the molecule is O=C(CCCOc1ccc(C[C@H](Nc2nc3ccc([N+](=O)[O-])cc3o2)C(=O)O)cc1)NC1=NCCCN1. The third-order valence-corrected chi connectivity index (χ3v) is 5.51. The summed E-state index contributed by atoms with van der Waals surface area (Å²) in [6.45, 7) is 1.85. The second kappa shape index (κ2) is 11.8. The monoisotopic (exact) mass is 510 g/mol. The molecule has 0 radical (unpaired) electrons. The smallest absolute Gasteiger partial charge is 0.326 e. The van der Waals surface area contributed by atoms with Crippen LogP contribution in [-0.2, 0) is 16.0 Å². The summed E-state index contributed by atoms with van der Waals surface area (Å²) in [6.07, 6.45) is 1.91. The number of guanidine groups is 1. The van der Waals surface area contributed by atoms with E-state index in [4.69, 9.17) is 9.15 Å². The van der Waals surface area contributed by atoms with Crippen LogP contribution >= 0.6 is 0 Å². The molecule has 0 fully saturated rings. The second-order valence-electron chi connectivity index (χ2n) is 8.32. The summed E-state index contributed by atoms with van der Waals surface area (Å²) in [4.78, 5) is 42.5. The summed E-state index contributed by atoms with van der Waals surface area (Å²) >= 11 is 0. The zero-order valence-corrected chi connectivity index (χ0v) is 19.8. The number of carbonyl (C=O) groups is 2. The molecule has 2 heterocycles. The van der Waals surface area contributed by atoms with Gasteiger partial charge in [-0.2, -0.15) is 4.98 Å². The van der Waals surface area contributed by atoms with E-state index in [1.807, 2.05) is 0 Å². The van der Waals surface area contributed by atoms with Crippen LogP contribution in [0.2, 0.25) is 0 Å². The molecule has 1 atom stereocenters. The molecule has 2 aromatic carbocycles. The van der Waals surface area contributed by atoms with E-state index in [-0.39, 0.29) is 29.6 Å². The number of hydrogen-bond donors (Lipinski definition) is 4. The Morgan fingerprint density at radius 3 is 2.76 bits per heavy atom. The van der Waals surface area contributed by atoms with E-state index >= 15 is 0 Å². The van der Waals surface area contributed by atoms with Crippen molar-refractivity contribution in [3.63, 3.8) is 0 Å². The minimum absolute atomic E-state index is 0.0433. The van der Waals surface area contributed by atoms with Crippen molar-refractivity contribution < 1.29 is 28.8 Å². The van der Waals surface area contributed by atoms with Crippen molar-refractivity contribution in [1.29, 1.82) is 0 Å². The number of nitro benzene ring substituents is 1. The van der Waals surface area contributed by atoms with Crippen molar-refractivity contribution in [3.8, 4) is 5.75 Å². The summed E-state index contributed by atoms with van der Waals surface area (Å²) in [6, 6.07) is 9.84. The first kappa shape index (κ1) is 25.4. The fourth-order valence-corrected chi connectivity index (χ4v) is 3.63. The highest BCUT2D eigenvalue weighted by Gasteiger charge is 2.21. The molecule has 1 aliphatic rings. The van der Waals surface area contributed by atoms with E-state index in [2.05, 4.69) is 25.9 Å². The normalized spacial score (nSPS) is 13.8. The topological polar surface area (TPSA) is 181 Å². The Balaban J connectivity index is 1.26. The van der Waals surface area contributed by atoms with Crippen molar-refractivity contribution in [2.45, 2.75) is 31.7 Å². The Morgan fingerprint density at radius 2 is 2.05 bits per heavy atom. The number of oxazole rings is 1. The molecule has 1 aromatic heterocycles. The zero-order chi connectivity index (χ0) is 26.2. The molecule has 0 aliphatic carbocycles. The quantitative estimate of drug-likeness (QED) is 0.170. The van der Waals surface area contributed by atoms with Gasteiger partial charge in [0.05, 0.1) is 17.6 Å². The molecule has 3 aromatic rings. The van der Waals surface area contributed by atoms with Crippen LogP contribution in [0.1, 0.15) is 24.8 Å². The summed E-state index contributed by atoms with van der Waals surface area (Å²) in [7, 11) is 0. The molecule has 4 rings (SSSR count). The molecule has 4 N–H and O–H groups in total. The number of non-ortho nitro benzene ring substituents is 1. The van der Waals surface area contributed by atoms with Gasteiger partial charge in [0.15, 0.2) is 11.5 Å². The number of carbonyl (C=O) groups excluding carboxylic acids is 1. The number of hydrogen-bond acceptors (Lipinski definition) is 10. The largest absolute Gasteiger partial charge is 0.494 e. The predicted molar refractivity (Wildman–Crippen MR) is 134 cm³/mol. The van der Waals surface area contributed by atoms with E-state index in [0.29, 0.717) is 43.2 Å². The number of ether oxygens (including phenoxy) is 1. The molecule has 0 unspecified atom stereocenters. The van der Waals surface area contributed by atoms with Crippen molar-refractivity contribution in [2.24, 2.45) is 4.99 Å². The zero-order valence-electron chi connectivity index (χ0n) is 19.8. The second-order valence-corrected chi connectivity index (χ2v) is 8.32. The maximum absolute atomic E-state index is 12.0. The van der Waals surface area contributed by atoms with Gasteiger partial charge in [-0.25, -0.2) is 4.79 Å². The van der Waals surface area contributed by atoms with E-state index in [9.17, 15) is 24.8 Å². The summed E-state index contributed by atoms with van der Waals surface area (Å²) in [5.74, 6) is -0.123. The lowest BCUT2D eigenvalue weighted by molar-refractivity contribution is -0.384. The number of nitrogens with zero attached hydrogens (tertiary/aromatic N) is 3. The summed E-state index contributed by atoms with van der Waals surface area (Å²) in [5.41, 5.74) is 1.14. The molecule has 1 aliphatic heterocycles. The Morgan fingerprint density at radius 1 is 1.24 bits per heavy atom. The Labute approximate surface area is 211 Å². The van der Waals surface area contributed by atoms with Gasteiger partial charge < -0.3 is 24.9 Å². The number of aromatic nitrogens is 1. The van der Waals surface area contributed by atoms with Crippen LogP contribution in [0.15, 0.2) is 51.9 Å². The first-order chi connectivity index (χ1) is 17.9. The maximum atomic E-state index is 12.0. The Hall–Kier alpha value is -4.68. The number of aliphatic carboxylic acids is 1. The Kier molecular flexibility index (Phi) is 8.13. The number of anilines is 1. The number of benzene rings is 2. The molecule has 13 nitrogen and oxygen atoms in total.